The number of hydrogen-bond acceptors (Lipinski definition) is 1. The first-order valence-electron chi connectivity index (χ1n) is 4.42. The first kappa shape index (κ1) is 11.2. The molecule has 2 aromatic rings. The first-order chi connectivity index (χ1) is 7.02. The van der Waals surface area contributed by atoms with E-state index in [9.17, 15) is 0 Å². The van der Waals surface area contributed by atoms with Gasteiger partial charge in [-0.1, -0.05) is 29.3 Å². The van der Waals surface area contributed by atoms with Crippen LogP contribution in [-0.2, 0) is 0 Å². The van der Waals surface area contributed by atoms with Crippen molar-refractivity contribution in [1.29, 1.82) is 0 Å². The molecule has 4 heteroatoms. The van der Waals surface area contributed by atoms with Gasteiger partial charge in [-0.2, -0.15) is 0 Å². The van der Waals surface area contributed by atoms with E-state index in [4.69, 9.17) is 23.2 Å². The molecule has 1 heterocycles. The zero-order valence-corrected chi connectivity index (χ0v) is 11.3. The third-order valence-corrected chi connectivity index (χ3v) is 4.14. The lowest BCUT2D eigenvalue weighted by Gasteiger charge is -2.09. The predicted molar refractivity (Wildman–Crippen MR) is 68.9 cm³/mol. The average Bonchev–Trinajstić information content (AvgIpc) is 2.20. The molecule has 0 saturated carbocycles. The van der Waals surface area contributed by atoms with Crippen molar-refractivity contribution in [3.05, 3.63) is 37.9 Å². The molecule has 0 aliphatic rings. The van der Waals surface area contributed by atoms with Gasteiger partial charge in [0.05, 0.1) is 21.3 Å². The number of aromatic nitrogens is 1. The summed E-state index contributed by atoms with van der Waals surface area (Å²) in [4.78, 5) is 4.45. The summed E-state index contributed by atoms with van der Waals surface area (Å²) in [5, 5.41) is 2.17. The summed E-state index contributed by atoms with van der Waals surface area (Å²) < 4.78 is 0.820. The van der Waals surface area contributed by atoms with Gasteiger partial charge >= 0.3 is 0 Å². The molecule has 1 aromatic heterocycles. The highest BCUT2D eigenvalue weighted by Gasteiger charge is 2.12. The number of aryl methyl sites for hydroxylation is 2. The molecule has 0 aliphatic heterocycles. The molecule has 0 aliphatic carbocycles. The topological polar surface area (TPSA) is 12.9 Å². The van der Waals surface area contributed by atoms with Gasteiger partial charge in [0, 0.05) is 9.86 Å². The molecule has 1 nitrogen and oxygen atoms in total. The van der Waals surface area contributed by atoms with Crippen LogP contribution in [0.3, 0.4) is 0 Å². The van der Waals surface area contributed by atoms with Crippen LogP contribution in [0.15, 0.2) is 16.6 Å². The van der Waals surface area contributed by atoms with Crippen molar-refractivity contribution in [3.63, 3.8) is 0 Å². The van der Waals surface area contributed by atoms with E-state index in [2.05, 4.69) is 20.9 Å². The number of pyridine rings is 1. The lowest BCUT2D eigenvalue weighted by molar-refractivity contribution is 1.23. The van der Waals surface area contributed by atoms with Crippen molar-refractivity contribution >= 4 is 50.0 Å². The van der Waals surface area contributed by atoms with Gasteiger partial charge in [0.1, 0.15) is 0 Å². The Morgan fingerprint density at radius 2 is 1.87 bits per heavy atom. The SMILES string of the molecule is Cc1nc2c(C)ccc(Cl)c2c(Br)c1Cl. The second-order valence-corrected chi connectivity index (χ2v) is 4.99. The molecular formula is C11H8BrCl2N. The number of halogens is 3. The van der Waals surface area contributed by atoms with Gasteiger partial charge in [-0.25, -0.2) is 0 Å². The number of hydrogen-bond donors (Lipinski definition) is 0. The Morgan fingerprint density at radius 3 is 2.53 bits per heavy atom. The number of benzene rings is 1. The molecule has 0 fully saturated rings. The normalized spacial score (nSPS) is 11.0. The maximum absolute atomic E-state index is 6.13. The Labute approximate surface area is 107 Å². The summed E-state index contributed by atoms with van der Waals surface area (Å²) in [5.74, 6) is 0. The molecule has 0 saturated heterocycles. The molecule has 15 heavy (non-hydrogen) atoms. The minimum absolute atomic E-state index is 0.620. The largest absolute Gasteiger partial charge is 0.251 e. The molecule has 2 rings (SSSR count). The van der Waals surface area contributed by atoms with Crippen molar-refractivity contribution in [3.8, 4) is 0 Å². The maximum Gasteiger partial charge on any atom is 0.0767 e. The van der Waals surface area contributed by atoms with E-state index < -0.39 is 0 Å². The zero-order chi connectivity index (χ0) is 11.2. The van der Waals surface area contributed by atoms with Crippen molar-refractivity contribution in [2.75, 3.05) is 0 Å². The average molecular weight is 305 g/mol. The maximum atomic E-state index is 6.13. The second kappa shape index (κ2) is 3.93. The van der Waals surface area contributed by atoms with Crippen LogP contribution in [0, 0.1) is 13.8 Å². The number of fused-ring (bicyclic) bond motifs is 1. The molecule has 0 unspecified atom stereocenters. The molecule has 0 N–H and O–H groups in total. The van der Waals surface area contributed by atoms with Crippen molar-refractivity contribution in [1.82, 2.24) is 4.98 Å². The highest BCUT2D eigenvalue weighted by atomic mass is 79.9. The molecule has 0 amide bonds. The highest BCUT2D eigenvalue weighted by molar-refractivity contribution is 9.10. The van der Waals surface area contributed by atoms with Gasteiger partial charge in [-0.15, -0.1) is 0 Å². The van der Waals surface area contributed by atoms with Gasteiger partial charge < -0.3 is 0 Å². The Balaban J connectivity index is 3.04. The van der Waals surface area contributed by atoms with Gasteiger partial charge in [0.2, 0.25) is 0 Å². The molecule has 78 valence electrons. The van der Waals surface area contributed by atoms with E-state index in [1.165, 1.54) is 0 Å². The van der Waals surface area contributed by atoms with E-state index >= 15 is 0 Å². The van der Waals surface area contributed by atoms with Crippen LogP contribution in [0.2, 0.25) is 10.0 Å². The fourth-order valence-corrected chi connectivity index (χ4v) is 2.70. The standard InChI is InChI=1S/C11H8BrCl2N/c1-5-3-4-7(13)8-9(12)10(14)6(2)15-11(5)8/h3-4H,1-2H3. The molecule has 1 aromatic carbocycles. The van der Waals surface area contributed by atoms with Gasteiger partial charge in [-0.05, 0) is 41.4 Å². The molecular weight excluding hydrogens is 297 g/mol. The summed E-state index contributed by atoms with van der Waals surface area (Å²) in [5.41, 5.74) is 2.80. The Hall–Kier alpha value is -0.310. The Morgan fingerprint density at radius 1 is 1.20 bits per heavy atom. The van der Waals surface area contributed by atoms with E-state index in [0.29, 0.717) is 10.0 Å². The lowest BCUT2D eigenvalue weighted by atomic mass is 10.1. The summed E-state index contributed by atoms with van der Waals surface area (Å²) in [6, 6.07) is 3.81. The van der Waals surface area contributed by atoms with E-state index in [1.807, 2.05) is 26.0 Å². The quantitative estimate of drug-likeness (QED) is 0.673. The second-order valence-electron chi connectivity index (χ2n) is 3.41. The molecule has 0 spiro atoms. The van der Waals surface area contributed by atoms with E-state index in [0.717, 1.165) is 26.6 Å². The van der Waals surface area contributed by atoms with Crippen LogP contribution < -0.4 is 0 Å². The summed E-state index contributed by atoms with van der Waals surface area (Å²) in [6.45, 7) is 3.89. The van der Waals surface area contributed by atoms with E-state index in [-0.39, 0.29) is 0 Å². The zero-order valence-electron chi connectivity index (χ0n) is 8.24. The van der Waals surface area contributed by atoms with Gasteiger partial charge in [0.15, 0.2) is 0 Å². The monoisotopic (exact) mass is 303 g/mol. The number of nitrogens with zero attached hydrogens (tertiary/aromatic N) is 1. The Kier molecular flexibility index (Phi) is 2.93. The third-order valence-electron chi connectivity index (χ3n) is 2.34. The highest BCUT2D eigenvalue weighted by Crippen LogP contribution is 2.37. The molecule has 0 atom stereocenters. The summed E-state index contributed by atoms with van der Waals surface area (Å²) >= 11 is 15.7. The summed E-state index contributed by atoms with van der Waals surface area (Å²) in [7, 11) is 0. The predicted octanol–water partition coefficient (Wildman–Crippen LogP) is 4.92. The van der Waals surface area contributed by atoms with Crippen molar-refractivity contribution < 1.29 is 0 Å². The molecule has 0 radical (unpaired) electrons. The van der Waals surface area contributed by atoms with Crippen LogP contribution >= 0.6 is 39.1 Å². The van der Waals surface area contributed by atoms with Crippen LogP contribution in [-0.4, -0.2) is 4.98 Å². The van der Waals surface area contributed by atoms with Crippen molar-refractivity contribution in [2.45, 2.75) is 13.8 Å². The van der Waals surface area contributed by atoms with Crippen LogP contribution in [0.4, 0.5) is 0 Å². The first-order valence-corrected chi connectivity index (χ1v) is 5.97. The van der Waals surface area contributed by atoms with Crippen LogP contribution in [0.1, 0.15) is 11.3 Å². The number of rotatable bonds is 0. The van der Waals surface area contributed by atoms with Gasteiger partial charge in [-0.3, -0.25) is 4.98 Å². The van der Waals surface area contributed by atoms with Crippen LogP contribution in [0.5, 0.6) is 0 Å². The Bertz CT molecular complexity index is 552. The van der Waals surface area contributed by atoms with Gasteiger partial charge in [0.25, 0.3) is 0 Å². The van der Waals surface area contributed by atoms with E-state index in [1.54, 1.807) is 0 Å². The minimum atomic E-state index is 0.620. The lowest BCUT2D eigenvalue weighted by Crippen LogP contribution is -1.91. The van der Waals surface area contributed by atoms with Crippen molar-refractivity contribution in [2.24, 2.45) is 0 Å². The third kappa shape index (κ3) is 1.75. The fraction of sp³-hybridized carbons (Fsp3) is 0.182. The summed E-state index contributed by atoms with van der Waals surface area (Å²) in [6.07, 6.45) is 0. The fourth-order valence-electron chi connectivity index (χ4n) is 1.51. The smallest absolute Gasteiger partial charge is 0.0767 e. The molecule has 0 bridgehead atoms. The van der Waals surface area contributed by atoms with Crippen LogP contribution in [0.25, 0.3) is 10.9 Å². The minimum Gasteiger partial charge on any atom is -0.251 e.